The fourth-order valence-electron chi connectivity index (χ4n) is 1.65. The highest BCUT2D eigenvalue weighted by molar-refractivity contribution is 6.31. The predicted octanol–water partition coefficient (Wildman–Crippen LogP) is 3.24. The van der Waals surface area contributed by atoms with Gasteiger partial charge in [0.2, 0.25) is 0 Å². The summed E-state index contributed by atoms with van der Waals surface area (Å²) in [5.41, 5.74) is 3.34. The van der Waals surface area contributed by atoms with Gasteiger partial charge in [0.15, 0.2) is 5.82 Å². The Bertz CT molecular complexity index is 584. The van der Waals surface area contributed by atoms with Gasteiger partial charge >= 0.3 is 0 Å². The average Bonchev–Trinajstić information content (AvgIpc) is 2.59. The number of halogens is 1. The number of aromatic amines is 1. The molecule has 0 aliphatic heterocycles. The third-order valence-electron chi connectivity index (χ3n) is 2.79. The average molecular weight is 264 g/mol. The number of benzene rings is 1. The van der Waals surface area contributed by atoms with Crippen LogP contribution in [0.15, 0.2) is 18.2 Å². The van der Waals surface area contributed by atoms with Gasteiger partial charge in [0.25, 0.3) is 5.91 Å². The summed E-state index contributed by atoms with van der Waals surface area (Å²) in [5, 5.41) is 10.2. The minimum Gasteiger partial charge on any atom is -0.305 e. The first kappa shape index (κ1) is 12.6. The maximum absolute atomic E-state index is 12.1. The van der Waals surface area contributed by atoms with Crippen LogP contribution in [0.25, 0.3) is 0 Å². The third-order valence-corrected chi connectivity index (χ3v) is 3.01. The summed E-state index contributed by atoms with van der Waals surface area (Å²) in [6, 6.07) is 5.23. The monoisotopic (exact) mass is 263 g/mol. The third kappa shape index (κ3) is 2.54. The molecule has 0 fully saturated rings. The highest BCUT2D eigenvalue weighted by Gasteiger charge is 2.12. The summed E-state index contributed by atoms with van der Waals surface area (Å²) in [4.78, 5) is 12.1. The number of aromatic nitrogens is 2. The number of H-pyrrole nitrogens is 1. The van der Waals surface area contributed by atoms with Gasteiger partial charge in [0.05, 0.1) is 0 Å². The molecule has 0 bridgehead atoms. The number of hydrogen-bond donors (Lipinski definition) is 2. The van der Waals surface area contributed by atoms with E-state index in [2.05, 4.69) is 15.5 Å². The molecule has 0 aliphatic carbocycles. The number of hydrogen-bond acceptors (Lipinski definition) is 2. The van der Waals surface area contributed by atoms with Gasteiger partial charge in [-0.15, -0.1) is 0 Å². The molecule has 0 unspecified atom stereocenters. The molecule has 1 amide bonds. The number of amides is 1. The Morgan fingerprint density at radius 2 is 2.00 bits per heavy atom. The van der Waals surface area contributed by atoms with Crippen molar-refractivity contribution >= 4 is 23.3 Å². The van der Waals surface area contributed by atoms with Gasteiger partial charge in [-0.25, -0.2) is 0 Å². The van der Waals surface area contributed by atoms with Crippen LogP contribution < -0.4 is 5.32 Å². The quantitative estimate of drug-likeness (QED) is 0.874. The molecule has 0 spiro atoms. The molecular formula is C13H14ClN3O. The molecule has 0 aliphatic rings. The molecule has 1 heterocycles. The Kier molecular flexibility index (Phi) is 3.39. The highest BCUT2D eigenvalue weighted by atomic mass is 35.5. The van der Waals surface area contributed by atoms with E-state index in [4.69, 9.17) is 11.6 Å². The van der Waals surface area contributed by atoms with Crippen molar-refractivity contribution in [2.75, 3.05) is 5.32 Å². The molecule has 2 aromatic rings. The van der Waals surface area contributed by atoms with Crippen LogP contribution in [0.3, 0.4) is 0 Å². The summed E-state index contributed by atoms with van der Waals surface area (Å²) in [6.45, 7) is 5.70. The topological polar surface area (TPSA) is 57.8 Å². The Morgan fingerprint density at radius 1 is 1.28 bits per heavy atom. The largest absolute Gasteiger partial charge is 0.305 e. The maximum Gasteiger partial charge on any atom is 0.256 e. The minimum atomic E-state index is -0.213. The van der Waals surface area contributed by atoms with Crippen molar-refractivity contribution < 1.29 is 4.79 Å². The van der Waals surface area contributed by atoms with Gasteiger partial charge in [-0.05, 0) is 44.5 Å². The molecule has 0 saturated heterocycles. The maximum atomic E-state index is 12.1. The standard InChI is InChI=1S/C13H14ClN3O/c1-7-4-10(6-11(14)5-7)13(18)15-12-8(2)9(3)16-17-12/h4-6H,1-3H3,(H2,15,16,17,18). The number of anilines is 1. The number of nitrogens with zero attached hydrogens (tertiary/aromatic N) is 1. The van der Waals surface area contributed by atoms with E-state index in [9.17, 15) is 4.79 Å². The van der Waals surface area contributed by atoms with E-state index >= 15 is 0 Å². The van der Waals surface area contributed by atoms with Crippen molar-refractivity contribution in [2.24, 2.45) is 0 Å². The summed E-state index contributed by atoms with van der Waals surface area (Å²) in [5.74, 6) is 0.338. The molecule has 18 heavy (non-hydrogen) atoms. The SMILES string of the molecule is Cc1cc(Cl)cc(C(=O)Nc2n[nH]c(C)c2C)c1. The van der Waals surface area contributed by atoms with Gasteiger partial charge in [-0.1, -0.05) is 11.6 Å². The Balaban J connectivity index is 2.24. The van der Waals surface area contributed by atoms with Gasteiger partial charge < -0.3 is 5.32 Å². The number of carbonyl (C=O) groups excluding carboxylic acids is 1. The Labute approximate surface area is 110 Å². The fraction of sp³-hybridized carbons (Fsp3) is 0.231. The zero-order valence-electron chi connectivity index (χ0n) is 10.5. The van der Waals surface area contributed by atoms with Crippen molar-refractivity contribution in [3.8, 4) is 0 Å². The van der Waals surface area contributed by atoms with Crippen LogP contribution in [-0.2, 0) is 0 Å². The van der Waals surface area contributed by atoms with Crippen molar-refractivity contribution in [3.05, 3.63) is 45.6 Å². The second-order valence-electron chi connectivity index (χ2n) is 4.29. The van der Waals surface area contributed by atoms with E-state index in [0.717, 1.165) is 16.8 Å². The lowest BCUT2D eigenvalue weighted by atomic mass is 10.1. The molecule has 1 aromatic heterocycles. The van der Waals surface area contributed by atoms with Crippen LogP contribution in [0.2, 0.25) is 5.02 Å². The summed E-state index contributed by atoms with van der Waals surface area (Å²) in [7, 11) is 0. The second-order valence-corrected chi connectivity index (χ2v) is 4.73. The molecule has 2 rings (SSSR count). The molecule has 4 nitrogen and oxygen atoms in total. The van der Waals surface area contributed by atoms with Gasteiger partial charge in [-0.2, -0.15) is 5.10 Å². The number of aryl methyl sites for hydroxylation is 2. The molecule has 94 valence electrons. The normalized spacial score (nSPS) is 10.4. The Morgan fingerprint density at radius 3 is 2.56 bits per heavy atom. The molecule has 0 atom stereocenters. The van der Waals surface area contributed by atoms with Crippen molar-refractivity contribution in [3.63, 3.8) is 0 Å². The Hall–Kier alpha value is -1.81. The zero-order valence-corrected chi connectivity index (χ0v) is 11.2. The van der Waals surface area contributed by atoms with Crippen molar-refractivity contribution in [1.29, 1.82) is 0 Å². The van der Waals surface area contributed by atoms with Gasteiger partial charge in [0.1, 0.15) is 0 Å². The number of nitrogens with one attached hydrogen (secondary N) is 2. The molecule has 0 saturated carbocycles. The summed E-state index contributed by atoms with van der Waals surface area (Å²) < 4.78 is 0. The molecular weight excluding hydrogens is 250 g/mol. The van der Waals surface area contributed by atoms with E-state index in [0.29, 0.717) is 16.4 Å². The second kappa shape index (κ2) is 4.82. The van der Waals surface area contributed by atoms with Crippen LogP contribution in [0.5, 0.6) is 0 Å². The number of carbonyl (C=O) groups is 1. The molecule has 1 aromatic carbocycles. The lowest BCUT2D eigenvalue weighted by Crippen LogP contribution is -2.13. The first-order valence-corrected chi connectivity index (χ1v) is 5.95. The lowest BCUT2D eigenvalue weighted by Gasteiger charge is -2.05. The van der Waals surface area contributed by atoms with Gasteiger partial charge in [0, 0.05) is 21.8 Å². The summed E-state index contributed by atoms with van der Waals surface area (Å²) >= 11 is 5.93. The first-order valence-electron chi connectivity index (χ1n) is 5.57. The molecule has 5 heteroatoms. The molecule has 2 N–H and O–H groups in total. The van der Waals surface area contributed by atoms with Crippen LogP contribution in [0.4, 0.5) is 5.82 Å². The van der Waals surface area contributed by atoms with E-state index in [1.54, 1.807) is 12.1 Å². The lowest BCUT2D eigenvalue weighted by molar-refractivity contribution is 0.102. The van der Waals surface area contributed by atoms with E-state index in [-0.39, 0.29) is 5.91 Å². The number of rotatable bonds is 2. The summed E-state index contributed by atoms with van der Waals surface area (Å²) in [6.07, 6.45) is 0. The molecule has 0 radical (unpaired) electrons. The smallest absolute Gasteiger partial charge is 0.256 e. The zero-order chi connectivity index (χ0) is 13.3. The van der Waals surface area contributed by atoms with Crippen LogP contribution in [0, 0.1) is 20.8 Å². The van der Waals surface area contributed by atoms with Gasteiger partial charge in [-0.3, -0.25) is 9.89 Å². The predicted molar refractivity (Wildman–Crippen MR) is 72.2 cm³/mol. The minimum absolute atomic E-state index is 0.213. The van der Waals surface area contributed by atoms with E-state index < -0.39 is 0 Å². The van der Waals surface area contributed by atoms with Crippen LogP contribution in [0.1, 0.15) is 27.2 Å². The van der Waals surface area contributed by atoms with E-state index in [1.165, 1.54) is 0 Å². The van der Waals surface area contributed by atoms with Crippen molar-refractivity contribution in [2.45, 2.75) is 20.8 Å². The first-order chi connectivity index (χ1) is 8.47. The fourth-order valence-corrected chi connectivity index (χ4v) is 1.94. The van der Waals surface area contributed by atoms with Crippen LogP contribution >= 0.6 is 11.6 Å². The van der Waals surface area contributed by atoms with Crippen LogP contribution in [-0.4, -0.2) is 16.1 Å². The highest BCUT2D eigenvalue weighted by Crippen LogP contribution is 2.18. The van der Waals surface area contributed by atoms with E-state index in [1.807, 2.05) is 26.8 Å². The van der Waals surface area contributed by atoms with Crippen molar-refractivity contribution in [1.82, 2.24) is 10.2 Å².